The van der Waals surface area contributed by atoms with E-state index in [1.165, 1.54) is 0 Å². The van der Waals surface area contributed by atoms with Crippen molar-refractivity contribution < 1.29 is 93.7 Å². The van der Waals surface area contributed by atoms with Crippen LogP contribution in [0.2, 0.25) is 0 Å². The van der Waals surface area contributed by atoms with Crippen molar-refractivity contribution in [3.63, 3.8) is 0 Å². The molecule has 0 unspecified atom stereocenters. The fraction of sp³-hybridized carbons (Fsp3) is 0. The molecule has 0 fully saturated rings. The summed E-state index contributed by atoms with van der Waals surface area (Å²) >= 11 is 0. The molecular weight excluding hydrogens is 311 g/mol. The number of rotatable bonds is 0. The average molecular weight is 313 g/mol. The largest absolute Gasteiger partial charge is 4.00 e. The summed E-state index contributed by atoms with van der Waals surface area (Å²) < 4.78 is 0. The summed E-state index contributed by atoms with van der Waals surface area (Å²) in [7, 11) is 0. The molecule has 0 aromatic carbocycles. The summed E-state index contributed by atoms with van der Waals surface area (Å²) in [5.41, 5.74) is 0. The van der Waals surface area contributed by atoms with Crippen LogP contribution in [0.3, 0.4) is 0 Å². The van der Waals surface area contributed by atoms with Gasteiger partial charge in [-0.25, -0.2) is 0 Å². The molecule has 0 heterocycles. The topological polar surface area (TPSA) is 31.5 Å². The molecule has 0 saturated carbocycles. The summed E-state index contributed by atoms with van der Waals surface area (Å²) in [6.07, 6.45) is 0. The van der Waals surface area contributed by atoms with Gasteiger partial charge in [0.05, 0.1) is 0 Å². The number of hydrogen-bond donors (Lipinski definition) is 0. The van der Waals surface area contributed by atoms with Gasteiger partial charge in [-0.05, 0) is 0 Å². The van der Waals surface area contributed by atoms with Gasteiger partial charge in [0.15, 0.2) is 0 Å². The maximum atomic E-state index is 0. The van der Waals surface area contributed by atoms with E-state index in [1.807, 2.05) is 0 Å². The van der Waals surface area contributed by atoms with Crippen molar-refractivity contribution in [1.82, 2.24) is 0 Å². The average Bonchev–Trinajstić information content (AvgIpc) is 0. The summed E-state index contributed by atoms with van der Waals surface area (Å²) in [4.78, 5) is 0. The van der Waals surface area contributed by atoms with E-state index in [-0.39, 0.29) is 111 Å². The SMILES string of the molecule is O.[Al+3].[Cl-].[Cl-].[Cl-].[Cl-].[Cl-].[Zr+4]. The molecule has 0 bridgehead atoms. The van der Waals surface area contributed by atoms with Crippen molar-refractivity contribution in [2.24, 2.45) is 0 Å². The van der Waals surface area contributed by atoms with Gasteiger partial charge < -0.3 is 67.5 Å². The first-order chi connectivity index (χ1) is 0. The second-order valence-corrected chi connectivity index (χ2v) is 0. The van der Waals surface area contributed by atoms with Crippen LogP contribution in [0.15, 0.2) is 0 Å². The van der Waals surface area contributed by atoms with Crippen molar-refractivity contribution in [3.8, 4) is 0 Å². The molecule has 0 aliphatic carbocycles. The molecule has 2 N–H and O–H groups in total. The maximum Gasteiger partial charge on any atom is 4.00 e. The Bertz CT molecular complexity index is 12.4. The molecule has 0 radical (unpaired) electrons. The van der Waals surface area contributed by atoms with Crippen molar-refractivity contribution >= 4 is 17.4 Å². The third-order valence-corrected chi connectivity index (χ3v) is 0. The number of halogens is 5. The predicted octanol–water partition coefficient (Wildman–Crippen LogP) is -16.2. The zero-order valence-electron chi connectivity index (χ0n) is 3.47. The van der Waals surface area contributed by atoms with E-state index in [2.05, 4.69) is 0 Å². The van der Waals surface area contributed by atoms with Gasteiger partial charge in [-0.1, -0.05) is 0 Å². The third-order valence-electron chi connectivity index (χ3n) is 0. The molecule has 8 heavy (non-hydrogen) atoms. The monoisotopic (exact) mass is 310 g/mol. The van der Waals surface area contributed by atoms with Gasteiger partial charge in [0.1, 0.15) is 0 Å². The summed E-state index contributed by atoms with van der Waals surface area (Å²) in [6.45, 7) is 0. The summed E-state index contributed by atoms with van der Waals surface area (Å²) in [5, 5.41) is 0. The fourth-order valence-electron chi connectivity index (χ4n) is 0. The van der Waals surface area contributed by atoms with Crippen LogP contribution in [-0.2, 0) is 26.2 Å². The van der Waals surface area contributed by atoms with Crippen LogP contribution in [0.1, 0.15) is 0 Å². The second kappa shape index (κ2) is 95.9. The van der Waals surface area contributed by atoms with Crippen LogP contribution >= 0.6 is 0 Å². The van der Waals surface area contributed by atoms with Crippen LogP contribution < -0.4 is 62.0 Å². The molecule has 0 saturated heterocycles. The van der Waals surface area contributed by atoms with Gasteiger partial charge >= 0.3 is 43.6 Å². The normalized spacial score (nSPS) is 0. The van der Waals surface area contributed by atoms with Crippen molar-refractivity contribution in [1.29, 1.82) is 0 Å². The Balaban J connectivity index is 0. The van der Waals surface area contributed by atoms with E-state index in [4.69, 9.17) is 0 Å². The first-order valence-corrected chi connectivity index (χ1v) is 0. The quantitative estimate of drug-likeness (QED) is 0.398. The van der Waals surface area contributed by atoms with Crippen LogP contribution in [0.25, 0.3) is 0 Å². The molecule has 0 aliphatic rings. The van der Waals surface area contributed by atoms with Gasteiger partial charge in [0.25, 0.3) is 0 Å². The summed E-state index contributed by atoms with van der Waals surface area (Å²) in [5.74, 6) is 0. The van der Waals surface area contributed by atoms with Gasteiger partial charge in [0, 0.05) is 0 Å². The Morgan fingerprint density at radius 3 is 0.500 bits per heavy atom. The van der Waals surface area contributed by atoms with E-state index in [9.17, 15) is 0 Å². The molecule has 48 valence electrons. The third kappa shape index (κ3) is 67.7. The standard InChI is InChI=1S/Al.5ClH.H2O.Zr/h;5*1H;1H2;/q+3;;;;;;;+4/p-5. The van der Waals surface area contributed by atoms with Gasteiger partial charge in [-0.2, -0.15) is 0 Å². The Morgan fingerprint density at radius 2 is 0.500 bits per heavy atom. The molecule has 1 nitrogen and oxygen atoms in total. The smallest absolute Gasteiger partial charge is 1.00 e. The first kappa shape index (κ1) is 131. The van der Waals surface area contributed by atoms with E-state index in [0.29, 0.717) is 0 Å². The van der Waals surface area contributed by atoms with Gasteiger partial charge in [-0.15, -0.1) is 0 Å². The van der Waals surface area contributed by atoms with E-state index >= 15 is 0 Å². The Kier molecular flexibility index (Phi) is 1570. The van der Waals surface area contributed by atoms with Gasteiger partial charge in [-0.3, -0.25) is 0 Å². The van der Waals surface area contributed by atoms with Crippen LogP contribution in [0, 0.1) is 0 Å². The second-order valence-electron chi connectivity index (χ2n) is 0. The van der Waals surface area contributed by atoms with Gasteiger partial charge in [0.2, 0.25) is 0 Å². The van der Waals surface area contributed by atoms with Crippen LogP contribution in [0.5, 0.6) is 0 Å². The molecule has 0 aromatic heterocycles. The minimum Gasteiger partial charge on any atom is -1.00 e. The minimum atomic E-state index is 0. The van der Waals surface area contributed by atoms with E-state index in [1.54, 1.807) is 0 Å². The molecule has 8 heteroatoms. The molecule has 0 atom stereocenters. The molecular formula is H2AlCl5OZr+2. The Hall–Kier alpha value is 2.83. The predicted molar refractivity (Wildman–Crippen MR) is 9.37 cm³/mol. The van der Waals surface area contributed by atoms with Crippen LogP contribution in [0.4, 0.5) is 0 Å². The van der Waals surface area contributed by atoms with E-state index in [0.717, 1.165) is 0 Å². The molecule has 0 rings (SSSR count). The van der Waals surface area contributed by atoms with E-state index < -0.39 is 0 Å². The fourth-order valence-corrected chi connectivity index (χ4v) is 0. The minimum absolute atomic E-state index is 0. The Labute approximate surface area is 110 Å². The van der Waals surface area contributed by atoms with Crippen molar-refractivity contribution in [2.75, 3.05) is 0 Å². The Morgan fingerprint density at radius 1 is 0.500 bits per heavy atom. The number of hydrogen-bond acceptors (Lipinski definition) is 0. The molecule has 0 aromatic rings. The van der Waals surface area contributed by atoms with Crippen molar-refractivity contribution in [3.05, 3.63) is 0 Å². The van der Waals surface area contributed by atoms with Crippen LogP contribution in [-0.4, -0.2) is 22.8 Å². The first-order valence-electron chi connectivity index (χ1n) is 0. The maximum absolute atomic E-state index is 0. The zero-order chi connectivity index (χ0) is 0. The van der Waals surface area contributed by atoms with Crippen molar-refractivity contribution in [2.45, 2.75) is 0 Å². The molecule has 0 spiro atoms. The molecule has 0 amide bonds. The molecule has 0 aliphatic heterocycles. The summed E-state index contributed by atoms with van der Waals surface area (Å²) in [6, 6.07) is 0. The zero-order valence-corrected chi connectivity index (χ0v) is 10.9.